The van der Waals surface area contributed by atoms with Crippen molar-refractivity contribution in [2.75, 3.05) is 18.0 Å². The summed E-state index contributed by atoms with van der Waals surface area (Å²) in [5, 5.41) is 3.01. The van der Waals surface area contributed by atoms with Crippen LogP contribution in [-0.4, -0.2) is 30.9 Å². The van der Waals surface area contributed by atoms with E-state index in [9.17, 15) is 9.59 Å². The monoisotopic (exact) mass is 302 g/mol. The number of benzene rings is 1. The summed E-state index contributed by atoms with van der Waals surface area (Å²) in [7, 11) is 0. The molecule has 119 valence electrons. The Morgan fingerprint density at radius 3 is 2.55 bits per heavy atom. The largest absolute Gasteiger partial charge is 0.371 e. The van der Waals surface area contributed by atoms with E-state index >= 15 is 0 Å². The predicted molar refractivity (Wildman–Crippen MR) is 87.1 cm³/mol. The smallest absolute Gasteiger partial charge is 0.224 e. The molecular formula is C17H24N3O2. The molecule has 0 saturated carbocycles. The number of rotatable bonds is 6. The number of para-hydroxylation sites is 1. The van der Waals surface area contributed by atoms with Gasteiger partial charge in [0.25, 0.3) is 0 Å². The van der Waals surface area contributed by atoms with Crippen LogP contribution < -0.4 is 16.0 Å². The summed E-state index contributed by atoms with van der Waals surface area (Å²) in [6.07, 6.45) is 3.78. The Morgan fingerprint density at radius 2 is 1.95 bits per heavy atom. The first-order valence-electron chi connectivity index (χ1n) is 7.79. The van der Waals surface area contributed by atoms with Crippen molar-refractivity contribution in [1.82, 2.24) is 5.32 Å². The molecule has 0 aromatic heterocycles. The highest BCUT2D eigenvalue weighted by molar-refractivity contribution is 5.86. The lowest BCUT2D eigenvalue weighted by Gasteiger charge is -2.34. The van der Waals surface area contributed by atoms with Crippen LogP contribution in [0.1, 0.15) is 26.2 Å². The van der Waals surface area contributed by atoms with Gasteiger partial charge in [-0.3, -0.25) is 9.59 Å². The number of hydrogen-bond donors (Lipinski definition) is 2. The fourth-order valence-electron chi connectivity index (χ4n) is 2.58. The van der Waals surface area contributed by atoms with E-state index in [-0.39, 0.29) is 23.8 Å². The van der Waals surface area contributed by atoms with E-state index in [1.807, 2.05) is 18.2 Å². The maximum atomic E-state index is 11.9. The van der Waals surface area contributed by atoms with Gasteiger partial charge in [0.05, 0.1) is 6.42 Å². The normalized spacial score (nSPS) is 17.0. The zero-order chi connectivity index (χ0) is 15.9. The van der Waals surface area contributed by atoms with Crippen LogP contribution in [0.5, 0.6) is 0 Å². The third-order valence-electron chi connectivity index (χ3n) is 4.11. The Kier molecular flexibility index (Phi) is 5.81. The van der Waals surface area contributed by atoms with Crippen molar-refractivity contribution in [1.29, 1.82) is 0 Å². The molecule has 0 aliphatic carbocycles. The minimum atomic E-state index is -0.375. The van der Waals surface area contributed by atoms with Gasteiger partial charge in [-0.1, -0.05) is 25.1 Å². The van der Waals surface area contributed by atoms with E-state index in [0.717, 1.165) is 25.9 Å². The van der Waals surface area contributed by atoms with E-state index in [1.54, 1.807) is 6.92 Å². The van der Waals surface area contributed by atoms with E-state index in [2.05, 4.69) is 22.3 Å². The predicted octanol–water partition coefficient (Wildman–Crippen LogP) is 1.49. The fourth-order valence-corrected chi connectivity index (χ4v) is 2.58. The number of nitrogens with two attached hydrogens (primary N) is 1. The summed E-state index contributed by atoms with van der Waals surface area (Å²) >= 11 is 0. The molecule has 1 fully saturated rings. The number of nitrogens with one attached hydrogen (secondary N) is 1. The molecule has 2 amide bonds. The van der Waals surface area contributed by atoms with Crippen LogP contribution in [0.4, 0.5) is 5.69 Å². The summed E-state index contributed by atoms with van der Waals surface area (Å²) in [5.41, 5.74) is 6.41. The number of primary amides is 1. The van der Waals surface area contributed by atoms with Gasteiger partial charge in [-0.2, -0.15) is 0 Å². The second kappa shape index (κ2) is 7.82. The molecule has 3 N–H and O–H groups in total. The SMILES string of the molecule is C[C@@H](C[CH]C(=O)NC1CCN(c2ccccc2)CC1)C(N)=O. The molecule has 2 rings (SSSR count). The number of piperidine rings is 1. The van der Waals surface area contributed by atoms with E-state index < -0.39 is 0 Å². The quantitative estimate of drug-likeness (QED) is 0.836. The van der Waals surface area contributed by atoms with Gasteiger partial charge in [0, 0.05) is 30.7 Å². The van der Waals surface area contributed by atoms with Gasteiger partial charge in [-0.25, -0.2) is 0 Å². The average molecular weight is 302 g/mol. The van der Waals surface area contributed by atoms with Gasteiger partial charge in [-0.05, 0) is 31.4 Å². The molecule has 1 aromatic rings. The lowest BCUT2D eigenvalue weighted by molar-refractivity contribution is -0.121. The molecule has 5 nitrogen and oxygen atoms in total. The molecule has 0 unspecified atom stereocenters. The molecule has 1 saturated heterocycles. The number of amides is 2. The zero-order valence-electron chi connectivity index (χ0n) is 13.0. The topological polar surface area (TPSA) is 75.4 Å². The highest BCUT2D eigenvalue weighted by Gasteiger charge is 2.21. The Bertz CT molecular complexity index is 496. The van der Waals surface area contributed by atoms with Crippen molar-refractivity contribution < 1.29 is 9.59 Å². The van der Waals surface area contributed by atoms with Gasteiger partial charge in [0.1, 0.15) is 0 Å². The number of anilines is 1. The molecule has 1 aliphatic rings. The van der Waals surface area contributed by atoms with Crippen LogP contribution in [-0.2, 0) is 9.59 Å². The average Bonchev–Trinajstić information content (AvgIpc) is 2.54. The zero-order valence-corrected chi connectivity index (χ0v) is 13.0. The van der Waals surface area contributed by atoms with Crippen LogP contribution >= 0.6 is 0 Å². The first-order chi connectivity index (χ1) is 10.6. The number of nitrogens with zero attached hydrogens (tertiary/aromatic N) is 1. The van der Waals surface area contributed by atoms with Crippen LogP contribution in [0.2, 0.25) is 0 Å². The molecule has 0 bridgehead atoms. The Labute approximate surface area is 131 Å². The molecule has 1 radical (unpaired) electrons. The summed E-state index contributed by atoms with van der Waals surface area (Å²) in [4.78, 5) is 25.1. The van der Waals surface area contributed by atoms with Crippen molar-refractivity contribution in [3.05, 3.63) is 36.8 Å². The first kappa shape index (κ1) is 16.3. The van der Waals surface area contributed by atoms with Crippen molar-refractivity contribution in [3.63, 3.8) is 0 Å². The van der Waals surface area contributed by atoms with Crippen LogP contribution in [0.25, 0.3) is 0 Å². The minimum absolute atomic E-state index is 0.105. The summed E-state index contributed by atoms with van der Waals surface area (Å²) in [6, 6.07) is 10.5. The van der Waals surface area contributed by atoms with Gasteiger partial charge in [0.15, 0.2) is 0 Å². The van der Waals surface area contributed by atoms with Crippen molar-refractivity contribution >= 4 is 17.5 Å². The lowest BCUT2D eigenvalue weighted by atomic mass is 10.0. The second-order valence-corrected chi connectivity index (χ2v) is 5.85. The van der Waals surface area contributed by atoms with Crippen molar-refractivity contribution in [3.8, 4) is 0 Å². The fraction of sp³-hybridized carbons (Fsp3) is 0.471. The van der Waals surface area contributed by atoms with Gasteiger partial charge in [-0.15, -0.1) is 0 Å². The molecule has 5 heteroatoms. The van der Waals surface area contributed by atoms with Crippen LogP contribution in [0, 0.1) is 12.3 Å². The number of carbonyl (C=O) groups excluding carboxylic acids is 2. The van der Waals surface area contributed by atoms with E-state index in [0.29, 0.717) is 6.42 Å². The number of hydrogen-bond acceptors (Lipinski definition) is 3. The van der Waals surface area contributed by atoms with Crippen LogP contribution in [0.3, 0.4) is 0 Å². The Morgan fingerprint density at radius 1 is 1.32 bits per heavy atom. The molecule has 1 atom stereocenters. The highest BCUT2D eigenvalue weighted by atomic mass is 16.2. The Balaban J connectivity index is 1.71. The molecule has 1 heterocycles. The molecule has 0 spiro atoms. The lowest BCUT2D eigenvalue weighted by Crippen LogP contribution is -2.45. The van der Waals surface area contributed by atoms with Gasteiger partial charge in [0.2, 0.25) is 11.8 Å². The maximum absolute atomic E-state index is 11.9. The standard InChI is InChI=1S/C17H24N3O2/c1-13(17(18)22)7-8-16(21)19-14-9-11-20(12-10-14)15-5-3-2-4-6-15/h2-6,8,13-14H,7,9-12H2,1H3,(H2,18,22)(H,19,21)/t13-/m0/s1. The molecule has 22 heavy (non-hydrogen) atoms. The molecule has 1 aliphatic heterocycles. The summed E-state index contributed by atoms with van der Waals surface area (Å²) in [6.45, 7) is 3.60. The second-order valence-electron chi connectivity index (χ2n) is 5.85. The van der Waals surface area contributed by atoms with E-state index in [4.69, 9.17) is 5.73 Å². The minimum Gasteiger partial charge on any atom is -0.371 e. The van der Waals surface area contributed by atoms with E-state index in [1.165, 1.54) is 12.1 Å². The first-order valence-corrected chi connectivity index (χ1v) is 7.79. The van der Waals surface area contributed by atoms with Gasteiger partial charge < -0.3 is 16.0 Å². The van der Waals surface area contributed by atoms with Crippen LogP contribution in [0.15, 0.2) is 30.3 Å². The summed E-state index contributed by atoms with van der Waals surface area (Å²) in [5.74, 6) is -0.780. The third-order valence-corrected chi connectivity index (χ3v) is 4.11. The molecule has 1 aromatic carbocycles. The van der Waals surface area contributed by atoms with Gasteiger partial charge >= 0.3 is 0 Å². The van der Waals surface area contributed by atoms with Crippen molar-refractivity contribution in [2.24, 2.45) is 11.7 Å². The van der Waals surface area contributed by atoms with Crippen molar-refractivity contribution in [2.45, 2.75) is 32.2 Å². The Hall–Kier alpha value is -2.04. The number of carbonyl (C=O) groups is 2. The third kappa shape index (κ3) is 4.76. The maximum Gasteiger partial charge on any atom is 0.224 e. The molecular weight excluding hydrogens is 278 g/mol. The highest BCUT2D eigenvalue weighted by Crippen LogP contribution is 2.19. The summed E-state index contributed by atoms with van der Waals surface area (Å²) < 4.78 is 0.